The second-order valence-electron chi connectivity index (χ2n) is 5.05. The molecule has 0 radical (unpaired) electrons. The van der Waals surface area contributed by atoms with Crippen LogP contribution in [0, 0.1) is 11.6 Å². The summed E-state index contributed by atoms with van der Waals surface area (Å²) in [5.74, 6) is -1.07. The van der Waals surface area contributed by atoms with Crippen LogP contribution < -0.4 is 5.32 Å². The Balaban J connectivity index is 2.08. The zero-order valence-corrected chi connectivity index (χ0v) is 13.2. The fraction of sp³-hybridized carbons (Fsp3) is 0.294. The van der Waals surface area contributed by atoms with Crippen LogP contribution in [0.3, 0.4) is 0 Å². The maximum atomic E-state index is 13.8. The maximum Gasteiger partial charge on any atom is 0.130 e. The predicted molar refractivity (Wildman–Crippen MR) is 84.5 cm³/mol. The molecule has 0 fully saturated rings. The van der Waals surface area contributed by atoms with Crippen molar-refractivity contribution in [2.24, 2.45) is 0 Å². The minimum absolute atomic E-state index is 0.0837. The van der Waals surface area contributed by atoms with Crippen molar-refractivity contribution < 1.29 is 8.78 Å². The first-order chi connectivity index (χ1) is 10.0. The van der Waals surface area contributed by atoms with Crippen molar-refractivity contribution in [1.29, 1.82) is 0 Å². The number of thioether (sulfide) groups is 1. The van der Waals surface area contributed by atoms with Crippen LogP contribution in [0.4, 0.5) is 8.78 Å². The van der Waals surface area contributed by atoms with Crippen LogP contribution in [-0.4, -0.2) is 6.26 Å². The summed E-state index contributed by atoms with van der Waals surface area (Å²) in [6, 6.07) is 11.9. The third-order valence-electron chi connectivity index (χ3n) is 3.54. The molecule has 1 nitrogen and oxygen atoms in total. The molecule has 112 valence electrons. The van der Waals surface area contributed by atoms with Crippen molar-refractivity contribution in [1.82, 2.24) is 5.32 Å². The largest absolute Gasteiger partial charge is 0.304 e. The van der Waals surface area contributed by atoms with Gasteiger partial charge < -0.3 is 5.32 Å². The lowest BCUT2D eigenvalue weighted by Gasteiger charge is -2.21. The zero-order valence-electron chi connectivity index (χ0n) is 12.4. The van der Waals surface area contributed by atoms with Gasteiger partial charge in [0.05, 0.1) is 0 Å². The van der Waals surface area contributed by atoms with Gasteiger partial charge in [-0.2, -0.15) is 0 Å². The molecule has 0 aliphatic rings. The van der Waals surface area contributed by atoms with E-state index in [1.54, 1.807) is 11.8 Å². The summed E-state index contributed by atoms with van der Waals surface area (Å²) in [5.41, 5.74) is 1.62. The number of rotatable bonds is 5. The highest BCUT2D eigenvalue weighted by atomic mass is 32.2. The molecular weight excluding hydrogens is 288 g/mol. The number of benzene rings is 2. The molecule has 0 saturated carbocycles. The number of nitrogens with one attached hydrogen (secondary N) is 1. The molecule has 0 bridgehead atoms. The molecule has 0 spiro atoms. The number of hydrogen-bond acceptors (Lipinski definition) is 2. The molecule has 2 atom stereocenters. The van der Waals surface area contributed by atoms with Gasteiger partial charge in [-0.3, -0.25) is 0 Å². The molecule has 4 heteroatoms. The average molecular weight is 307 g/mol. The van der Waals surface area contributed by atoms with Gasteiger partial charge in [0.15, 0.2) is 0 Å². The van der Waals surface area contributed by atoms with E-state index in [1.165, 1.54) is 17.0 Å². The third kappa shape index (κ3) is 4.05. The third-order valence-corrected chi connectivity index (χ3v) is 4.29. The van der Waals surface area contributed by atoms with E-state index in [1.807, 2.05) is 20.1 Å². The molecule has 2 aromatic rings. The van der Waals surface area contributed by atoms with Gasteiger partial charge in [-0.05, 0) is 43.9 Å². The Kier molecular flexibility index (Phi) is 5.37. The summed E-state index contributed by atoms with van der Waals surface area (Å²) in [6.07, 6.45) is 2.04. The molecule has 1 N–H and O–H groups in total. The van der Waals surface area contributed by atoms with E-state index in [-0.39, 0.29) is 12.1 Å². The Morgan fingerprint density at radius 1 is 0.952 bits per heavy atom. The second kappa shape index (κ2) is 7.05. The average Bonchev–Trinajstić information content (AvgIpc) is 2.47. The lowest BCUT2D eigenvalue weighted by atomic mass is 10.0. The first kappa shape index (κ1) is 16.0. The lowest BCUT2D eigenvalue weighted by molar-refractivity contribution is 0.470. The summed E-state index contributed by atoms with van der Waals surface area (Å²) < 4.78 is 26.7. The fourth-order valence-electron chi connectivity index (χ4n) is 2.31. The second-order valence-corrected chi connectivity index (χ2v) is 5.93. The van der Waals surface area contributed by atoms with Crippen LogP contribution in [0.1, 0.15) is 37.1 Å². The van der Waals surface area contributed by atoms with Crippen LogP contribution in [0.15, 0.2) is 47.4 Å². The topological polar surface area (TPSA) is 12.0 Å². The van der Waals surface area contributed by atoms with Crippen LogP contribution in [0.5, 0.6) is 0 Å². The molecule has 0 heterocycles. The fourth-order valence-corrected chi connectivity index (χ4v) is 2.71. The molecule has 2 rings (SSSR count). The summed E-state index contributed by atoms with van der Waals surface area (Å²) in [5, 5.41) is 3.34. The van der Waals surface area contributed by atoms with E-state index < -0.39 is 11.6 Å². The van der Waals surface area contributed by atoms with Gasteiger partial charge in [0, 0.05) is 28.6 Å². The van der Waals surface area contributed by atoms with Gasteiger partial charge in [-0.1, -0.05) is 18.2 Å². The van der Waals surface area contributed by atoms with Crippen LogP contribution >= 0.6 is 11.8 Å². The highest BCUT2D eigenvalue weighted by Crippen LogP contribution is 2.23. The van der Waals surface area contributed by atoms with Crippen molar-refractivity contribution in [3.8, 4) is 0 Å². The summed E-state index contributed by atoms with van der Waals surface area (Å²) >= 11 is 1.70. The van der Waals surface area contributed by atoms with Gasteiger partial charge in [0.2, 0.25) is 0 Å². The molecule has 0 saturated heterocycles. The van der Waals surface area contributed by atoms with Crippen molar-refractivity contribution >= 4 is 11.8 Å². The maximum absolute atomic E-state index is 13.8. The van der Waals surface area contributed by atoms with Gasteiger partial charge >= 0.3 is 0 Å². The summed E-state index contributed by atoms with van der Waals surface area (Å²) in [4.78, 5) is 1.21. The van der Waals surface area contributed by atoms with Crippen LogP contribution in [0.25, 0.3) is 0 Å². The molecule has 0 aromatic heterocycles. The highest BCUT2D eigenvalue weighted by Gasteiger charge is 2.15. The van der Waals surface area contributed by atoms with E-state index in [0.717, 1.165) is 11.6 Å². The van der Waals surface area contributed by atoms with Crippen molar-refractivity contribution in [3.63, 3.8) is 0 Å². The van der Waals surface area contributed by atoms with Gasteiger partial charge in [-0.15, -0.1) is 11.8 Å². The molecular formula is C17H19F2NS. The van der Waals surface area contributed by atoms with E-state index in [0.29, 0.717) is 5.56 Å². The molecule has 21 heavy (non-hydrogen) atoms. The first-order valence-corrected chi connectivity index (χ1v) is 8.08. The summed E-state index contributed by atoms with van der Waals surface area (Å²) in [7, 11) is 0. The molecule has 2 aromatic carbocycles. The first-order valence-electron chi connectivity index (χ1n) is 6.86. The summed E-state index contributed by atoms with van der Waals surface area (Å²) in [6.45, 7) is 3.91. The Morgan fingerprint density at radius 3 is 2.19 bits per heavy atom. The SMILES string of the molecule is CSc1ccc(C(C)NC(C)c2ccc(F)cc2F)cc1. The number of halogens is 2. The van der Waals surface area contributed by atoms with Gasteiger partial charge in [0.25, 0.3) is 0 Å². The highest BCUT2D eigenvalue weighted by molar-refractivity contribution is 7.98. The van der Waals surface area contributed by atoms with E-state index >= 15 is 0 Å². The molecule has 0 aliphatic carbocycles. The molecule has 2 unspecified atom stereocenters. The van der Waals surface area contributed by atoms with Crippen LogP contribution in [0.2, 0.25) is 0 Å². The van der Waals surface area contributed by atoms with Crippen molar-refractivity contribution in [2.75, 3.05) is 6.26 Å². The van der Waals surface area contributed by atoms with E-state index in [2.05, 4.69) is 29.6 Å². The molecule has 0 amide bonds. The minimum atomic E-state index is -0.552. The zero-order chi connectivity index (χ0) is 15.4. The smallest absolute Gasteiger partial charge is 0.130 e. The van der Waals surface area contributed by atoms with Crippen molar-refractivity contribution in [2.45, 2.75) is 30.8 Å². The van der Waals surface area contributed by atoms with E-state index in [4.69, 9.17) is 0 Å². The normalized spacial score (nSPS) is 14.0. The predicted octanol–water partition coefficient (Wildman–Crippen LogP) is 5.10. The Hall–Kier alpha value is -1.39. The van der Waals surface area contributed by atoms with E-state index in [9.17, 15) is 8.78 Å². The van der Waals surface area contributed by atoms with Gasteiger partial charge in [0.1, 0.15) is 11.6 Å². The monoisotopic (exact) mass is 307 g/mol. The standard InChI is InChI=1S/C17H19F2NS/c1-11(13-4-7-15(21-3)8-5-13)20-12(2)16-9-6-14(18)10-17(16)19/h4-12,20H,1-3H3. The Labute approximate surface area is 128 Å². The van der Waals surface area contributed by atoms with Gasteiger partial charge in [-0.25, -0.2) is 8.78 Å². The minimum Gasteiger partial charge on any atom is -0.304 e. The quantitative estimate of drug-likeness (QED) is 0.771. The Morgan fingerprint density at radius 2 is 1.62 bits per heavy atom. The number of hydrogen-bond donors (Lipinski definition) is 1. The van der Waals surface area contributed by atoms with Crippen molar-refractivity contribution in [3.05, 3.63) is 65.2 Å². The lowest BCUT2D eigenvalue weighted by Crippen LogP contribution is -2.23. The molecule has 0 aliphatic heterocycles. The van der Waals surface area contributed by atoms with Crippen LogP contribution in [-0.2, 0) is 0 Å². The Bertz CT molecular complexity index is 598.